The molecular formula is C13H18FNO. The highest BCUT2D eigenvalue weighted by molar-refractivity contribution is 5.93. The zero-order valence-electron chi connectivity index (χ0n) is 10.1. The monoisotopic (exact) mass is 223 g/mol. The number of halogens is 1. The van der Waals surface area contributed by atoms with Gasteiger partial charge in [-0.2, -0.15) is 0 Å². The Labute approximate surface area is 96.1 Å². The van der Waals surface area contributed by atoms with Gasteiger partial charge in [-0.05, 0) is 37.1 Å². The normalized spacial score (nSPS) is 10.2. The molecule has 1 aromatic rings. The van der Waals surface area contributed by atoms with Crippen molar-refractivity contribution in [2.45, 2.75) is 33.6 Å². The third-order valence-corrected chi connectivity index (χ3v) is 2.50. The fourth-order valence-corrected chi connectivity index (χ4v) is 1.61. The van der Waals surface area contributed by atoms with E-state index in [9.17, 15) is 9.18 Å². The van der Waals surface area contributed by atoms with E-state index in [1.807, 2.05) is 13.8 Å². The van der Waals surface area contributed by atoms with E-state index < -0.39 is 0 Å². The van der Waals surface area contributed by atoms with Gasteiger partial charge < -0.3 is 4.90 Å². The average molecular weight is 223 g/mol. The maximum absolute atomic E-state index is 13.1. The Balaban J connectivity index is 3.01. The summed E-state index contributed by atoms with van der Waals surface area (Å²) in [5, 5.41) is 0. The van der Waals surface area contributed by atoms with Gasteiger partial charge in [-0.1, -0.05) is 13.8 Å². The standard InChI is InChI=1S/C13H18FNO/c1-4-8-15(13(16)5-2)11-6-7-12(14)10(3)9-11/h6-7,9H,4-5,8H2,1-3H3. The molecule has 0 aliphatic rings. The third-order valence-electron chi connectivity index (χ3n) is 2.50. The lowest BCUT2D eigenvalue weighted by Gasteiger charge is -2.22. The summed E-state index contributed by atoms with van der Waals surface area (Å²) in [4.78, 5) is 13.4. The summed E-state index contributed by atoms with van der Waals surface area (Å²) < 4.78 is 13.1. The summed E-state index contributed by atoms with van der Waals surface area (Å²) in [6, 6.07) is 4.79. The number of aryl methyl sites for hydroxylation is 1. The van der Waals surface area contributed by atoms with Crippen LogP contribution in [0.1, 0.15) is 32.3 Å². The van der Waals surface area contributed by atoms with Gasteiger partial charge in [-0.3, -0.25) is 4.79 Å². The Morgan fingerprint density at radius 1 is 1.38 bits per heavy atom. The molecule has 1 aromatic carbocycles. The highest BCUT2D eigenvalue weighted by Gasteiger charge is 2.13. The number of amides is 1. The molecule has 0 heterocycles. The largest absolute Gasteiger partial charge is 0.312 e. The third kappa shape index (κ3) is 2.81. The van der Waals surface area contributed by atoms with Crippen LogP contribution in [0.15, 0.2) is 18.2 Å². The molecule has 16 heavy (non-hydrogen) atoms. The number of carbonyl (C=O) groups is 1. The van der Waals surface area contributed by atoms with Crippen molar-refractivity contribution in [1.29, 1.82) is 0 Å². The second-order valence-electron chi connectivity index (χ2n) is 3.83. The van der Waals surface area contributed by atoms with Gasteiger partial charge in [-0.15, -0.1) is 0 Å². The summed E-state index contributed by atoms with van der Waals surface area (Å²) in [5.74, 6) is -0.156. The van der Waals surface area contributed by atoms with E-state index in [0.717, 1.165) is 12.1 Å². The zero-order chi connectivity index (χ0) is 12.1. The average Bonchev–Trinajstić information content (AvgIpc) is 2.29. The van der Waals surface area contributed by atoms with Crippen LogP contribution in [0.2, 0.25) is 0 Å². The van der Waals surface area contributed by atoms with E-state index >= 15 is 0 Å². The van der Waals surface area contributed by atoms with Crippen molar-refractivity contribution < 1.29 is 9.18 Å². The number of anilines is 1. The van der Waals surface area contributed by atoms with Crippen LogP contribution in [0.5, 0.6) is 0 Å². The SMILES string of the molecule is CCCN(C(=O)CC)c1ccc(F)c(C)c1. The van der Waals surface area contributed by atoms with Gasteiger partial charge in [0.2, 0.25) is 5.91 Å². The van der Waals surface area contributed by atoms with Crippen LogP contribution in [-0.4, -0.2) is 12.5 Å². The molecule has 88 valence electrons. The summed E-state index contributed by atoms with van der Waals surface area (Å²) in [7, 11) is 0. The van der Waals surface area contributed by atoms with Gasteiger partial charge in [0.25, 0.3) is 0 Å². The molecule has 0 saturated heterocycles. The Morgan fingerprint density at radius 3 is 2.56 bits per heavy atom. The van der Waals surface area contributed by atoms with E-state index in [4.69, 9.17) is 0 Å². The van der Waals surface area contributed by atoms with Gasteiger partial charge in [-0.25, -0.2) is 4.39 Å². The number of hydrogen-bond acceptors (Lipinski definition) is 1. The predicted molar refractivity (Wildman–Crippen MR) is 64.1 cm³/mol. The minimum atomic E-state index is -0.232. The number of rotatable bonds is 4. The van der Waals surface area contributed by atoms with E-state index in [0.29, 0.717) is 18.5 Å². The van der Waals surface area contributed by atoms with Gasteiger partial charge in [0.05, 0.1) is 0 Å². The van der Waals surface area contributed by atoms with Crippen LogP contribution in [0.3, 0.4) is 0 Å². The van der Waals surface area contributed by atoms with Crippen molar-refractivity contribution >= 4 is 11.6 Å². The molecular weight excluding hydrogens is 205 g/mol. The lowest BCUT2D eigenvalue weighted by molar-refractivity contribution is -0.118. The van der Waals surface area contributed by atoms with Gasteiger partial charge >= 0.3 is 0 Å². The molecule has 2 nitrogen and oxygen atoms in total. The highest BCUT2D eigenvalue weighted by Crippen LogP contribution is 2.19. The Hall–Kier alpha value is -1.38. The maximum atomic E-state index is 13.1. The Bertz CT molecular complexity index is 376. The van der Waals surface area contributed by atoms with Crippen molar-refractivity contribution in [2.24, 2.45) is 0 Å². The van der Waals surface area contributed by atoms with Gasteiger partial charge in [0, 0.05) is 18.7 Å². The quantitative estimate of drug-likeness (QED) is 0.767. The molecule has 0 unspecified atom stereocenters. The van der Waals surface area contributed by atoms with Crippen LogP contribution in [0.4, 0.5) is 10.1 Å². The first-order valence-electron chi connectivity index (χ1n) is 5.66. The molecule has 0 bridgehead atoms. The first-order valence-corrected chi connectivity index (χ1v) is 5.66. The fraction of sp³-hybridized carbons (Fsp3) is 0.462. The van der Waals surface area contributed by atoms with E-state index in [-0.39, 0.29) is 11.7 Å². The van der Waals surface area contributed by atoms with Crippen LogP contribution in [0, 0.1) is 12.7 Å². The predicted octanol–water partition coefficient (Wildman–Crippen LogP) is 3.29. The fourth-order valence-electron chi connectivity index (χ4n) is 1.61. The minimum absolute atomic E-state index is 0.0767. The topological polar surface area (TPSA) is 20.3 Å². The molecule has 0 saturated carbocycles. The molecule has 0 radical (unpaired) electrons. The van der Waals surface area contributed by atoms with Crippen molar-refractivity contribution in [1.82, 2.24) is 0 Å². The second-order valence-corrected chi connectivity index (χ2v) is 3.83. The lowest BCUT2D eigenvalue weighted by Crippen LogP contribution is -2.30. The van der Waals surface area contributed by atoms with Crippen LogP contribution < -0.4 is 4.90 Å². The molecule has 0 aliphatic carbocycles. The summed E-state index contributed by atoms with van der Waals surface area (Å²) in [5.41, 5.74) is 1.36. The van der Waals surface area contributed by atoms with Crippen LogP contribution in [-0.2, 0) is 4.79 Å². The summed E-state index contributed by atoms with van der Waals surface area (Å²) in [6.07, 6.45) is 1.36. The molecule has 0 spiro atoms. The molecule has 1 amide bonds. The molecule has 0 aliphatic heterocycles. The first kappa shape index (κ1) is 12.7. The Morgan fingerprint density at radius 2 is 2.06 bits per heavy atom. The molecule has 0 atom stereocenters. The number of hydrogen-bond donors (Lipinski definition) is 0. The van der Waals surface area contributed by atoms with Gasteiger partial charge in [0.15, 0.2) is 0 Å². The maximum Gasteiger partial charge on any atom is 0.226 e. The lowest BCUT2D eigenvalue weighted by atomic mass is 10.2. The first-order chi connectivity index (χ1) is 7.60. The second kappa shape index (κ2) is 5.64. The smallest absolute Gasteiger partial charge is 0.226 e. The van der Waals surface area contributed by atoms with Crippen LogP contribution in [0.25, 0.3) is 0 Å². The molecule has 1 rings (SSSR count). The minimum Gasteiger partial charge on any atom is -0.312 e. The van der Waals surface area contributed by atoms with Crippen molar-refractivity contribution in [3.63, 3.8) is 0 Å². The molecule has 3 heteroatoms. The number of nitrogens with zero attached hydrogens (tertiary/aromatic N) is 1. The number of benzene rings is 1. The summed E-state index contributed by atoms with van der Waals surface area (Å²) in [6.45, 7) is 6.24. The van der Waals surface area contributed by atoms with Gasteiger partial charge in [0.1, 0.15) is 5.82 Å². The Kier molecular flexibility index (Phi) is 4.47. The molecule has 0 N–H and O–H groups in total. The zero-order valence-corrected chi connectivity index (χ0v) is 10.1. The van der Waals surface area contributed by atoms with Crippen molar-refractivity contribution in [2.75, 3.05) is 11.4 Å². The van der Waals surface area contributed by atoms with E-state index in [1.54, 1.807) is 24.0 Å². The van der Waals surface area contributed by atoms with E-state index in [2.05, 4.69) is 0 Å². The molecule has 0 aromatic heterocycles. The summed E-state index contributed by atoms with van der Waals surface area (Å²) >= 11 is 0. The van der Waals surface area contributed by atoms with Crippen molar-refractivity contribution in [3.8, 4) is 0 Å². The number of carbonyl (C=O) groups excluding carboxylic acids is 1. The molecule has 0 fully saturated rings. The van der Waals surface area contributed by atoms with E-state index in [1.165, 1.54) is 6.07 Å². The van der Waals surface area contributed by atoms with Crippen molar-refractivity contribution in [3.05, 3.63) is 29.6 Å². The highest BCUT2D eigenvalue weighted by atomic mass is 19.1. The van der Waals surface area contributed by atoms with Crippen LogP contribution >= 0.6 is 0 Å².